The quantitative estimate of drug-likeness (QED) is 0.341. The topological polar surface area (TPSA) is 90.0 Å². The molecule has 2 rings (SSSR count). The van der Waals surface area contributed by atoms with Crippen LogP contribution in [0.2, 0.25) is 0 Å². The molecule has 1 fully saturated rings. The van der Waals surface area contributed by atoms with Crippen molar-refractivity contribution in [1.29, 1.82) is 0 Å². The molecule has 0 radical (unpaired) electrons. The van der Waals surface area contributed by atoms with Gasteiger partial charge in [0.25, 0.3) is 5.78 Å². The fraction of sp³-hybridized carbons (Fsp3) is 0.429. The first-order valence-corrected chi connectivity index (χ1v) is 9.11. The number of piperidine rings is 1. The van der Waals surface area contributed by atoms with E-state index < -0.39 is 35.1 Å². The van der Waals surface area contributed by atoms with Gasteiger partial charge < -0.3 is 14.4 Å². The molecule has 7 nitrogen and oxygen atoms in total. The minimum absolute atomic E-state index is 0.00472. The summed E-state index contributed by atoms with van der Waals surface area (Å²) in [5.41, 5.74) is 0.271. The molecule has 1 aromatic rings. The molecule has 28 heavy (non-hydrogen) atoms. The third-order valence-corrected chi connectivity index (χ3v) is 3.98. The van der Waals surface area contributed by atoms with E-state index in [0.717, 1.165) is 5.56 Å². The van der Waals surface area contributed by atoms with E-state index in [1.54, 1.807) is 45.9 Å². The van der Waals surface area contributed by atoms with Gasteiger partial charge >= 0.3 is 12.1 Å². The predicted molar refractivity (Wildman–Crippen MR) is 102 cm³/mol. The molecule has 1 amide bonds. The molecule has 7 heteroatoms. The molecular formula is C21H25NO6. The van der Waals surface area contributed by atoms with E-state index in [1.165, 1.54) is 4.90 Å². The van der Waals surface area contributed by atoms with Crippen molar-refractivity contribution in [3.63, 3.8) is 0 Å². The van der Waals surface area contributed by atoms with Crippen LogP contribution < -0.4 is 0 Å². The maximum absolute atomic E-state index is 12.9. The SMILES string of the molecule is CCOC(=O)C(=O)C1CN(C(=O)OC(C)(C)C)C/C(=C\c2ccccc2)C1=O. The largest absolute Gasteiger partial charge is 0.460 e. The van der Waals surface area contributed by atoms with Gasteiger partial charge in [0.05, 0.1) is 13.2 Å². The van der Waals surface area contributed by atoms with Crippen LogP contribution in [0, 0.1) is 5.92 Å². The lowest BCUT2D eigenvalue weighted by atomic mass is 9.88. The van der Waals surface area contributed by atoms with Gasteiger partial charge in [0.2, 0.25) is 0 Å². The molecule has 0 aromatic heterocycles. The summed E-state index contributed by atoms with van der Waals surface area (Å²) in [6, 6.07) is 9.06. The van der Waals surface area contributed by atoms with Crippen LogP contribution in [0.15, 0.2) is 35.9 Å². The highest BCUT2D eigenvalue weighted by Crippen LogP contribution is 2.23. The summed E-state index contributed by atoms with van der Waals surface area (Å²) in [6.07, 6.45) is 0.963. The van der Waals surface area contributed by atoms with Gasteiger partial charge in [-0.05, 0) is 39.3 Å². The number of ketones is 2. The van der Waals surface area contributed by atoms with Crippen LogP contribution in [-0.2, 0) is 23.9 Å². The Bertz CT molecular complexity index is 791. The van der Waals surface area contributed by atoms with Gasteiger partial charge in [0.1, 0.15) is 11.5 Å². The molecule has 0 aliphatic carbocycles. The van der Waals surface area contributed by atoms with Gasteiger partial charge in [-0.2, -0.15) is 0 Å². The van der Waals surface area contributed by atoms with Crippen molar-refractivity contribution in [3.05, 3.63) is 41.5 Å². The number of likely N-dealkylation sites (tertiary alicyclic amines) is 1. The number of esters is 1. The number of rotatable bonds is 4. The average molecular weight is 387 g/mol. The lowest BCUT2D eigenvalue weighted by Crippen LogP contribution is -2.51. The second-order valence-corrected chi connectivity index (χ2v) is 7.44. The number of ether oxygens (including phenoxy) is 2. The van der Waals surface area contributed by atoms with E-state index in [-0.39, 0.29) is 25.3 Å². The molecule has 1 aliphatic rings. The summed E-state index contributed by atoms with van der Waals surface area (Å²) in [4.78, 5) is 51.0. The number of hydrogen-bond donors (Lipinski definition) is 0. The van der Waals surface area contributed by atoms with Gasteiger partial charge in [-0.1, -0.05) is 30.3 Å². The van der Waals surface area contributed by atoms with E-state index in [1.807, 2.05) is 18.2 Å². The molecule has 1 unspecified atom stereocenters. The lowest BCUT2D eigenvalue weighted by Gasteiger charge is -2.33. The number of carbonyl (C=O) groups is 4. The fourth-order valence-electron chi connectivity index (χ4n) is 2.75. The zero-order chi connectivity index (χ0) is 20.9. The number of amides is 1. The standard InChI is InChI=1S/C21H25NO6/c1-5-27-19(25)18(24)16-13-22(20(26)28-21(2,3)4)12-15(17(16)23)11-14-9-7-6-8-10-14/h6-11,16H,5,12-13H2,1-4H3/b15-11+. The predicted octanol–water partition coefficient (Wildman–Crippen LogP) is 2.64. The third-order valence-electron chi connectivity index (χ3n) is 3.98. The highest BCUT2D eigenvalue weighted by atomic mass is 16.6. The minimum atomic E-state index is -1.31. The zero-order valence-corrected chi connectivity index (χ0v) is 16.6. The molecule has 1 atom stereocenters. The van der Waals surface area contributed by atoms with Crippen molar-refractivity contribution in [2.24, 2.45) is 5.92 Å². The van der Waals surface area contributed by atoms with Crippen molar-refractivity contribution in [3.8, 4) is 0 Å². The smallest absolute Gasteiger partial charge is 0.410 e. The summed E-state index contributed by atoms with van der Waals surface area (Å²) < 4.78 is 10.1. The van der Waals surface area contributed by atoms with Crippen LogP contribution in [0.5, 0.6) is 0 Å². The first kappa shape index (κ1) is 21.3. The Morgan fingerprint density at radius 1 is 1.18 bits per heavy atom. The summed E-state index contributed by atoms with van der Waals surface area (Å²) in [6.45, 7) is 6.54. The van der Waals surface area contributed by atoms with Crippen molar-refractivity contribution < 1.29 is 28.7 Å². The van der Waals surface area contributed by atoms with Crippen molar-refractivity contribution in [1.82, 2.24) is 4.90 Å². The molecule has 150 valence electrons. The Balaban J connectivity index is 2.35. The molecule has 1 heterocycles. The average Bonchev–Trinajstić information content (AvgIpc) is 2.62. The number of carbonyl (C=O) groups excluding carboxylic acids is 4. The maximum Gasteiger partial charge on any atom is 0.410 e. The Morgan fingerprint density at radius 2 is 1.82 bits per heavy atom. The third kappa shape index (κ3) is 5.52. The Labute approximate surface area is 164 Å². The first-order chi connectivity index (χ1) is 13.1. The Morgan fingerprint density at radius 3 is 2.39 bits per heavy atom. The Hall–Kier alpha value is -2.96. The second-order valence-electron chi connectivity index (χ2n) is 7.44. The molecule has 1 aromatic carbocycles. The molecule has 0 spiro atoms. The highest BCUT2D eigenvalue weighted by Gasteiger charge is 2.41. The van der Waals surface area contributed by atoms with E-state index in [2.05, 4.69) is 0 Å². The monoisotopic (exact) mass is 387 g/mol. The van der Waals surface area contributed by atoms with Crippen LogP contribution in [0.25, 0.3) is 6.08 Å². The molecule has 0 bridgehead atoms. The summed E-state index contributed by atoms with van der Waals surface area (Å²) in [7, 11) is 0. The van der Waals surface area contributed by atoms with E-state index >= 15 is 0 Å². The van der Waals surface area contributed by atoms with Crippen molar-refractivity contribution >= 4 is 29.7 Å². The normalized spacial score (nSPS) is 18.7. The highest BCUT2D eigenvalue weighted by molar-refractivity contribution is 6.40. The van der Waals surface area contributed by atoms with Crippen LogP contribution in [0.3, 0.4) is 0 Å². The summed E-state index contributed by atoms with van der Waals surface area (Å²) in [5, 5.41) is 0. The number of Topliss-reactive ketones (excluding diaryl/α,β-unsaturated/α-hetero) is 2. The fourth-order valence-corrected chi connectivity index (χ4v) is 2.75. The van der Waals surface area contributed by atoms with Crippen LogP contribution >= 0.6 is 0 Å². The molecule has 1 aliphatic heterocycles. The van der Waals surface area contributed by atoms with Gasteiger partial charge in [0, 0.05) is 12.1 Å². The summed E-state index contributed by atoms with van der Waals surface area (Å²) in [5.74, 6) is -3.83. The van der Waals surface area contributed by atoms with Crippen LogP contribution in [0.4, 0.5) is 4.79 Å². The summed E-state index contributed by atoms with van der Waals surface area (Å²) >= 11 is 0. The van der Waals surface area contributed by atoms with E-state index in [4.69, 9.17) is 9.47 Å². The number of benzene rings is 1. The molecule has 0 saturated carbocycles. The first-order valence-electron chi connectivity index (χ1n) is 9.11. The molecule has 0 N–H and O–H groups in total. The molecule has 1 saturated heterocycles. The van der Waals surface area contributed by atoms with Crippen LogP contribution in [0.1, 0.15) is 33.3 Å². The van der Waals surface area contributed by atoms with Crippen LogP contribution in [-0.4, -0.2) is 53.8 Å². The minimum Gasteiger partial charge on any atom is -0.460 e. The lowest BCUT2D eigenvalue weighted by molar-refractivity contribution is -0.157. The Kier molecular flexibility index (Phi) is 6.72. The molecular weight excluding hydrogens is 362 g/mol. The van der Waals surface area contributed by atoms with Gasteiger partial charge in [0.15, 0.2) is 5.78 Å². The van der Waals surface area contributed by atoms with Crippen molar-refractivity contribution in [2.45, 2.75) is 33.3 Å². The zero-order valence-electron chi connectivity index (χ0n) is 16.6. The second kappa shape index (κ2) is 8.82. The van der Waals surface area contributed by atoms with Gasteiger partial charge in [-0.3, -0.25) is 9.59 Å². The number of nitrogens with zero attached hydrogens (tertiary/aromatic N) is 1. The van der Waals surface area contributed by atoms with E-state index in [9.17, 15) is 19.2 Å². The van der Waals surface area contributed by atoms with Crippen molar-refractivity contribution in [2.75, 3.05) is 19.7 Å². The van der Waals surface area contributed by atoms with Gasteiger partial charge in [-0.15, -0.1) is 0 Å². The van der Waals surface area contributed by atoms with E-state index in [0.29, 0.717) is 0 Å². The number of hydrogen-bond acceptors (Lipinski definition) is 6. The maximum atomic E-state index is 12.9. The van der Waals surface area contributed by atoms with Gasteiger partial charge in [-0.25, -0.2) is 9.59 Å².